The number of thioether (sulfide) groups is 1. The summed E-state index contributed by atoms with van der Waals surface area (Å²) in [5.74, 6) is 0. The van der Waals surface area contributed by atoms with Crippen molar-refractivity contribution in [1.29, 1.82) is 1.43 Å². The fourth-order valence-corrected chi connectivity index (χ4v) is 5.08. The smallest absolute Gasteiger partial charge is 0.211 e. The van der Waals surface area contributed by atoms with Crippen molar-refractivity contribution in [2.75, 3.05) is 6.61 Å². The first-order valence-corrected chi connectivity index (χ1v) is 11.7. The Morgan fingerprint density at radius 2 is 1.59 bits per heavy atom. The lowest BCUT2D eigenvalue weighted by molar-refractivity contribution is -0.325. The molecule has 6 atom stereocenters. The molecule has 1 N–H and O–H groups in total. The van der Waals surface area contributed by atoms with Crippen LogP contribution in [0.4, 0.5) is 0 Å². The molecule has 2 aliphatic rings. The van der Waals surface area contributed by atoms with Crippen molar-refractivity contribution in [2.45, 2.75) is 47.6 Å². The molecule has 6 heteroatoms. The molecule has 0 spiro atoms. The molecule has 0 aromatic heterocycles. The van der Waals surface area contributed by atoms with Crippen molar-refractivity contribution < 1.29 is 24.1 Å². The van der Waals surface area contributed by atoms with E-state index in [1.807, 2.05) is 91.0 Å². The summed E-state index contributed by atoms with van der Waals surface area (Å²) in [7, 11) is 0. The van der Waals surface area contributed by atoms with E-state index in [-0.39, 0.29) is 6.10 Å². The van der Waals surface area contributed by atoms with Crippen LogP contribution in [0.1, 0.15) is 17.4 Å². The van der Waals surface area contributed by atoms with E-state index >= 15 is 0 Å². The maximum Gasteiger partial charge on any atom is 0.211 e. The predicted octanol–water partition coefficient (Wildman–Crippen LogP) is 4.56. The predicted molar refractivity (Wildman–Crippen MR) is 122 cm³/mol. The second-order valence-corrected chi connectivity index (χ2v) is 9.05. The molecule has 0 aliphatic carbocycles. The maximum atomic E-state index is 7.87. The van der Waals surface area contributed by atoms with E-state index < -0.39 is 30.0 Å². The Morgan fingerprint density at radius 3 is 2.31 bits per heavy atom. The number of rotatable bonds is 7. The van der Waals surface area contributed by atoms with Crippen LogP contribution in [-0.2, 0) is 25.6 Å². The fourth-order valence-electron chi connectivity index (χ4n) is 4.01. The van der Waals surface area contributed by atoms with E-state index in [1.165, 1.54) is 11.8 Å². The van der Waals surface area contributed by atoms with Crippen LogP contribution in [0, 0.1) is 0 Å². The minimum atomic E-state index is -0.644. The van der Waals surface area contributed by atoms with Crippen LogP contribution in [0.3, 0.4) is 0 Å². The molecular weight excluding hydrogens is 424 g/mol. The first-order valence-electron chi connectivity index (χ1n) is 11.2. The number of aliphatic hydroxyl groups is 1. The van der Waals surface area contributed by atoms with Gasteiger partial charge in [-0.05, 0) is 17.7 Å². The van der Waals surface area contributed by atoms with Crippen molar-refractivity contribution in [3.8, 4) is 0 Å². The standard InChI is InChI=1S/C26H26O5S/c27-22-24(28-16-18-10-4-1-5-11-18)23-21(30-26(22)32-20-14-8-3-9-15-20)17-29-25(31-23)19-12-6-2-7-13-19/h1-15,21-27H,16-17H2/t21?,22?,23-,24-,25?,26-/m1/s1/i27T. The summed E-state index contributed by atoms with van der Waals surface area (Å²) in [4.78, 5) is 1.03. The molecule has 0 amide bonds. The molecule has 32 heavy (non-hydrogen) atoms. The monoisotopic (exact) mass is 452 g/mol. The molecular formula is C26H26O5S. The van der Waals surface area contributed by atoms with Gasteiger partial charge >= 0.3 is 0 Å². The zero-order valence-electron chi connectivity index (χ0n) is 18.5. The average molecular weight is 453 g/mol. The van der Waals surface area contributed by atoms with Crippen LogP contribution >= 0.6 is 11.8 Å². The van der Waals surface area contributed by atoms with Gasteiger partial charge in [0.05, 0.1) is 13.2 Å². The SMILES string of the molecule is [3H]OC1[C@@H](Sc2ccccc2)OC2COC(c3ccccc3)O[C@H]2[C@@H]1OCc1ccccc1. The van der Waals surface area contributed by atoms with Crippen LogP contribution in [0.5, 0.6) is 0 Å². The van der Waals surface area contributed by atoms with Gasteiger partial charge in [-0.1, -0.05) is 90.6 Å². The topological polar surface area (TPSA) is 57.2 Å². The van der Waals surface area contributed by atoms with E-state index in [9.17, 15) is 0 Å². The molecule has 0 saturated carbocycles. The Hall–Kier alpha value is -2.19. The number of hydrogen-bond donors (Lipinski definition) is 1. The van der Waals surface area contributed by atoms with Crippen LogP contribution < -0.4 is 0 Å². The summed E-state index contributed by atoms with van der Waals surface area (Å²) < 4.78 is 33.0. The average Bonchev–Trinajstić information content (AvgIpc) is 2.88. The molecule has 3 unspecified atom stereocenters. The lowest BCUT2D eigenvalue weighted by Crippen LogP contribution is -2.61. The van der Waals surface area contributed by atoms with Crippen molar-refractivity contribution >= 4 is 11.8 Å². The van der Waals surface area contributed by atoms with Crippen molar-refractivity contribution in [3.63, 3.8) is 0 Å². The summed E-state index contributed by atoms with van der Waals surface area (Å²) >= 11 is 1.52. The highest BCUT2D eigenvalue weighted by Gasteiger charge is 2.50. The normalized spacial score (nSPS) is 30.3. The molecule has 2 aliphatic heterocycles. The number of fused-ring (bicyclic) bond motifs is 1. The molecule has 2 fully saturated rings. The molecule has 3 aromatic carbocycles. The largest absolute Gasteiger partial charge is 0.387 e. The molecule has 0 radical (unpaired) electrons. The third-order valence-corrected chi connectivity index (χ3v) is 6.79. The lowest BCUT2D eigenvalue weighted by Gasteiger charge is -2.47. The molecule has 0 bridgehead atoms. The van der Waals surface area contributed by atoms with Gasteiger partial charge in [-0.25, -0.2) is 0 Å². The zero-order valence-corrected chi connectivity index (χ0v) is 18.3. The number of hydrogen-bond acceptors (Lipinski definition) is 6. The van der Waals surface area contributed by atoms with Gasteiger partial charge in [-0.3, -0.25) is 0 Å². The Balaban J connectivity index is 1.39. The van der Waals surface area contributed by atoms with Gasteiger partial charge in [0.15, 0.2) is 6.29 Å². The summed E-state index contributed by atoms with van der Waals surface area (Å²) in [6.45, 7) is 0.753. The molecule has 3 aromatic rings. The van der Waals surface area contributed by atoms with E-state index in [2.05, 4.69) is 0 Å². The van der Waals surface area contributed by atoms with Crippen molar-refractivity contribution in [3.05, 3.63) is 102 Å². The van der Waals surface area contributed by atoms with Gasteiger partial charge in [0.2, 0.25) is 1.43 Å². The van der Waals surface area contributed by atoms with Crippen LogP contribution in [0.2, 0.25) is 0 Å². The fraction of sp³-hybridized carbons (Fsp3) is 0.308. The minimum Gasteiger partial charge on any atom is -0.387 e. The van der Waals surface area contributed by atoms with Crippen LogP contribution in [-0.4, -0.2) is 43.0 Å². The highest BCUT2D eigenvalue weighted by molar-refractivity contribution is 7.99. The Morgan fingerprint density at radius 1 is 0.906 bits per heavy atom. The molecule has 166 valence electrons. The highest BCUT2D eigenvalue weighted by Crippen LogP contribution is 2.40. The number of aliphatic hydroxyl groups excluding tert-OH is 1. The van der Waals surface area contributed by atoms with Crippen molar-refractivity contribution in [2.24, 2.45) is 0 Å². The first-order chi connectivity index (χ1) is 16.3. The van der Waals surface area contributed by atoms with Gasteiger partial charge in [-0.15, -0.1) is 0 Å². The maximum absolute atomic E-state index is 7.87. The van der Waals surface area contributed by atoms with E-state index in [4.69, 9.17) is 25.5 Å². The quantitative estimate of drug-likeness (QED) is 0.567. The van der Waals surface area contributed by atoms with Crippen molar-refractivity contribution in [1.82, 2.24) is 0 Å². The van der Waals surface area contributed by atoms with Gasteiger partial charge in [0.25, 0.3) is 0 Å². The van der Waals surface area contributed by atoms with Gasteiger partial charge < -0.3 is 24.1 Å². The molecule has 5 nitrogen and oxygen atoms in total. The zero-order chi connectivity index (χ0) is 22.5. The Kier molecular flexibility index (Phi) is 6.49. The second kappa shape index (κ2) is 10.2. The third-order valence-electron chi connectivity index (χ3n) is 5.64. The first kappa shape index (κ1) is 20.4. The summed E-state index contributed by atoms with van der Waals surface area (Å²) in [5.41, 5.74) is 1.54. The molecule has 2 saturated heterocycles. The number of benzene rings is 3. The summed E-state index contributed by atoms with van der Waals surface area (Å²) in [5, 5.41) is 5.23. The Bertz CT molecular complexity index is 993. The summed E-state index contributed by atoms with van der Waals surface area (Å²) in [6.07, 6.45) is -2.44. The molecule has 5 rings (SSSR count). The van der Waals surface area contributed by atoms with E-state index in [1.54, 1.807) is 0 Å². The minimum absolute atomic E-state index is 0.335. The molecule has 2 heterocycles. The Labute approximate surface area is 193 Å². The van der Waals surface area contributed by atoms with E-state index in [0.29, 0.717) is 13.2 Å². The lowest BCUT2D eigenvalue weighted by atomic mass is 9.98. The highest BCUT2D eigenvalue weighted by atomic mass is 32.2. The number of ether oxygens (including phenoxy) is 4. The second-order valence-electron chi connectivity index (χ2n) is 7.88. The van der Waals surface area contributed by atoms with Crippen LogP contribution in [0.15, 0.2) is 95.9 Å². The van der Waals surface area contributed by atoms with Gasteiger partial charge in [-0.2, -0.15) is 0 Å². The van der Waals surface area contributed by atoms with Crippen LogP contribution in [0.25, 0.3) is 0 Å². The third kappa shape index (κ3) is 4.91. The van der Waals surface area contributed by atoms with Gasteiger partial charge in [0, 0.05) is 10.5 Å². The van der Waals surface area contributed by atoms with Gasteiger partial charge in [0.1, 0.15) is 29.9 Å². The van der Waals surface area contributed by atoms with E-state index in [0.717, 1.165) is 16.0 Å². The summed E-state index contributed by atoms with van der Waals surface area (Å²) in [6, 6.07) is 29.7.